The fraction of sp³-hybridized carbons (Fsp3) is 0.484. The lowest BCUT2D eigenvalue weighted by Crippen LogP contribution is -2.58. The molecule has 0 spiro atoms. The molecule has 0 aliphatic rings. The number of alkyl carbamates (subject to hydrolysis) is 1. The summed E-state index contributed by atoms with van der Waals surface area (Å²) in [5.41, 5.74) is 0.956. The molecule has 40 heavy (non-hydrogen) atoms. The Hall–Kier alpha value is -3.88. The van der Waals surface area contributed by atoms with Crippen LogP contribution in [-0.2, 0) is 32.0 Å². The Bertz CT molecular complexity index is 1110. The normalized spacial score (nSPS) is 13.5. The Morgan fingerprint density at radius 1 is 0.725 bits per heavy atom. The van der Waals surface area contributed by atoms with Gasteiger partial charge in [-0.25, -0.2) is 4.79 Å². The van der Waals surface area contributed by atoms with Crippen LogP contribution < -0.4 is 21.3 Å². The van der Waals surface area contributed by atoms with Gasteiger partial charge in [-0.15, -0.1) is 0 Å². The summed E-state index contributed by atoms with van der Waals surface area (Å²) in [6, 6.07) is 15.8. The molecule has 4 amide bonds. The van der Waals surface area contributed by atoms with Crippen molar-refractivity contribution in [3.05, 3.63) is 71.8 Å². The molecule has 3 atom stereocenters. The number of likely N-dealkylation sites (N-methyl/N-ethyl adjacent to an activating group) is 1. The molecule has 0 radical (unpaired) electrons. The number of hydrogen-bond donors (Lipinski definition) is 4. The van der Waals surface area contributed by atoms with Crippen LogP contribution in [-0.4, -0.2) is 54.6 Å². The molecule has 0 unspecified atom stereocenters. The molecule has 2 aromatic rings. The molecule has 0 heterocycles. The zero-order chi connectivity index (χ0) is 29.7. The SMILES string of the molecule is CCC(C)(C)OC(=O)N[C@H](Cc1ccccc1)C(=O)N[C@H](Cc1ccccc1)C(=O)N[C@H](CC(C)C)C(=O)NC. The van der Waals surface area contributed by atoms with Gasteiger partial charge in [-0.2, -0.15) is 0 Å². The van der Waals surface area contributed by atoms with E-state index in [-0.39, 0.29) is 24.7 Å². The molecule has 0 aliphatic carbocycles. The molecule has 4 N–H and O–H groups in total. The van der Waals surface area contributed by atoms with E-state index in [2.05, 4.69) is 21.3 Å². The number of ether oxygens (including phenoxy) is 1. The Balaban J connectivity index is 2.31. The molecule has 0 aromatic heterocycles. The molecule has 9 heteroatoms. The summed E-state index contributed by atoms with van der Waals surface area (Å²) in [5, 5.41) is 10.9. The van der Waals surface area contributed by atoms with Crippen LogP contribution in [0.2, 0.25) is 0 Å². The lowest BCUT2D eigenvalue weighted by atomic mass is 10.0. The summed E-state index contributed by atoms with van der Waals surface area (Å²) < 4.78 is 5.53. The van der Waals surface area contributed by atoms with Crippen LogP contribution in [0.3, 0.4) is 0 Å². The third-order valence-corrected chi connectivity index (χ3v) is 6.61. The van der Waals surface area contributed by atoms with Crippen LogP contribution in [0.4, 0.5) is 4.79 Å². The van der Waals surface area contributed by atoms with Crippen molar-refractivity contribution in [1.82, 2.24) is 21.3 Å². The van der Waals surface area contributed by atoms with Gasteiger partial charge in [-0.3, -0.25) is 14.4 Å². The second-order valence-corrected chi connectivity index (χ2v) is 10.9. The molecular formula is C31H44N4O5. The minimum atomic E-state index is -1.00. The van der Waals surface area contributed by atoms with Crippen LogP contribution in [0, 0.1) is 5.92 Å². The summed E-state index contributed by atoms with van der Waals surface area (Å²) in [6.07, 6.45) is 0.713. The van der Waals surface area contributed by atoms with E-state index in [1.807, 2.05) is 81.4 Å². The first-order valence-electron chi connectivity index (χ1n) is 13.8. The monoisotopic (exact) mass is 552 g/mol. The largest absolute Gasteiger partial charge is 0.444 e. The van der Waals surface area contributed by atoms with Crippen LogP contribution in [0.15, 0.2) is 60.7 Å². The maximum absolute atomic E-state index is 13.6. The topological polar surface area (TPSA) is 126 Å². The van der Waals surface area contributed by atoms with Crippen LogP contribution in [0.25, 0.3) is 0 Å². The van der Waals surface area contributed by atoms with Crippen molar-refractivity contribution in [1.29, 1.82) is 0 Å². The van der Waals surface area contributed by atoms with Gasteiger partial charge in [0.2, 0.25) is 17.7 Å². The number of rotatable bonds is 14. The summed E-state index contributed by atoms with van der Waals surface area (Å²) >= 11 is 0. The van der Waals surface area contributed by atoms with Crippen LogP contribution in [0.1, 0.15) is 58.6 Å². The Morgan fingerprint density at radius 3 is 1.60 bits per heavy atom. The number of hydrogen-bond acceptors (Lipinski definition) is 5. The smallest absolute Gasteiger partial charge is 0.408 e. The zero-order valence-corrected chi connectivity index (χ0v) is 24.5. The molecule has 0 saturated carbocycles. The Kier molecular flexibility index (Phi) is 12.6. The number of amides is 4. The molecule has 0 bridgehead atoms. The zero-order valence-electron chi connectivity index (χ0n) is 24.5. The Morgan fingerprint density at radius 2 is 1.18 bits per heavy atom. The number of nitrogens with one attached hydrogen (secondary N) is 4. The van der Waals surface area contributed by atoms with Gasteiger partial charge in [0, 0.05) is 19.9 Å². The average Bonchev–Trinajstić information content (AvgIpc) is 2.92. The molecule has 0 saturated heterocycles. The van der Waals surface area contributed by atoms with Crippen molar-refractivity contribution in [2.45, 2.75) is 84.0 Å². The molecule has 9 nitrogen and oxygen atoms in total. The highest BCUT2D eigenvalue weighted by Crippen LogP contribution is 2.14. The highest BCUT2D eigenvalue weighted by Gasteiger charge is 2.31. The second-order valence-electron chi connectivity index (χ2n) is 10.9. The number of benzene rings is 2. The van der Waals surface area contributed by atoms with Gasteiger partial charge in [-0.1, -0.05) is 81.4 Å². The predicted molar refractivity (Wildman–Crippen MR) is 155 cm³/mol. The van der Waals surface area contributed by atoms with Gasteiger partial charge in [0.15, 0.2) is 0 Å². The van der Waals surface area contributed by atoms with Crippen molar-refractivity contribution in [3.63, 3.8) is 0 Å². The minimum absolute atomic E-state index is 0.155. The van der Waals surface area contributed by atoms with E-state index in [9.17, 15) is 19.2 Å². The molecule has 0 fully saturated rings. The van der Waals surface area contributed by atoms with E-state index in [4.69, 9.17) is 4.74 Å². The standard InChI is InChI=1S/C31H44N4O5/c1-7-31(4,5)40-30(39)35-26(20-23-16-12-9-13-17-23)29(38)34-25(19-22-14-10-8-11-15-22)28(37)33-24(18-21(2)3)27(36)32-6/h8-17,21,24-26H,7,18-20H2,1-6H3,(H,32,36)(H,33,37)(H,34,38)(H,35,39)/t24-,25-,26-/m1/s1. The maximum Gasteiger partial charge on any atom is 0.408 e. The van der Waals surface area contributed by atoms with Crippen molar-refractivity contribution in [3.8, 4) is 0 Å². The fourth-order valence-corrected chi connectivity index (χ4v) is 4.03. The molecule has 218 valence electrons. The highest BCUT2D eigenvalue weighted by atomic mass is 16.6. The first-order chi connectivity index (χ1) is 18.9. The van der Waals surface area contributed by atoms with Gasteiger partial charge >= 0.3 is 6.09 Å². The van der Waals surface area contributed by atoms with Gasteiger partial charge in [0.25, 0.3) is 0 Å². The Labute approximate surface area is 237 Å². The third kappa shape index (κ3) is 11.1. The third-order valence-electron chi connectivity index (χ3n) is 6.61. The van der Waals surface area contributed by atoms with Gasteiger partial charge in [0.1, 0.15) is 23.7 Å². The number of carbonyl (C=O) groups is 4. The summed E-state index contributed by atoms with van der Waals surface area (Å²) in [5.74, 6) is -1.18. The van der Waals surface area contributed by atoms with E-state index in [0.29, 0.717) is 12.8 Å². The van der Waals surface area contributed by atoms with Crippen molar-refractivity contribution in [2.75, 3.05) is 7.05 Å². The molecule has 0 aliphatic heterocycles. The molecule has 2 rings (SSSR count). The van der Waals surface area contributed by atoms with Crippen LogP contribution in [0.5, 0.6) is 0 Å². The summed E-state index contributed by atoms with van der Waals surface area (Å²) in [6.45, 7) is 9.41. The quantitative estimate of drug-likeness (QED) is 0.285. The van der Waals surface area contributed by atoms with Gasteiger partial charge < -0.3 is 26.0 Å². The average molecular weight is 553 g/mol. The molecule has 2 aromatic carbocycles. The van der Waals surface area contributed by atoms with E-state index in [1.54, 1.807) is 13.8 Å². The fourth-order valence-electron chi connectivity index (χ4n) is 4.03. The van der Waals surface area contributed by atoms with Crippen molar-refractivity contribution < 1.29 is 23.9 Å². The van der Waals surface area contributed by atoms with Crippen molar-refractivity contribution >= 4 is 23.8 Å². The number of carbonyl (C=O) groups excluding carboxylic acids is 4. The summed E-state index contributed by atoms with van der Waals surface area (Å²) in [7, 11) is 1.52. The maximum atomic E-state index is 13.6. The predicted octanol–water partition coefficient (Wildman–Crippen LogP) is 3.52. The molecular weight excluding hydrogens is 508 g/mol. The van der Waals surface area contributed by atoms with E-state index in [0.717, 1.165) is 11.1 Å². The van der Waals surface area contributed by atoms with Crippen molar-refractivity contribution in [2.24, 2.45) is 5.92 Å². The van der Waals surface area contributed by atoms with E-state index in [1.165, 1.54) is 7.05 Å². The van der Waals surface area contributed by atoms with E-state index < -0.39 is 41.6 Å². The van der Waals surface area contributed by atoms with Gasteiger partial charge in [-0.05, 0) is 43.7 Å². The van der Waals surface area contributed by atoms with E-state index >= 15 is 0 Å². The lowest BCUT2D eigenvalue weighted by molar-refractivity contribution is -0.132. The van der Waals surface area contributed by atoms with Crippen LogP contribution >= 0.6 is 0 Å². The second kappa shape index (κ2) is 15.6. The first kappa shape index (κ1) is 32.3. The highest BCUT2D eigenvalue weighted by molar-refractivity contribution is 5.94. The van der Waals surface area contributed by atoms with Gasteiger partial charge in [0.05, 0.1) is 0 Å². The first-order valence-corrected chi connectivity index (χ1v) is 13.8. The summed E-state index contributed by atoms with van der Waals surface area (Å²) in [4.78, 5) is 52.4. The lowest BCUT2D eigenvalue weighted by Gasteiger charge is -2.27. The minimum Gasteiger partial charge on any atom is -0.444 e.